The molecule has 1 N–H and O–H groups in total. The van der Waals surface area contributed by atoms with Gasteiger partial charge in [-0.3, -0.25) is 0 Å². The fourth-order valence-corrected chi connectivity index (χ4v) is 1.67. The lowest BCUT2D eigenvalue weighted by Crippen LogP contribution is -1.96. The van der Waals surface area contributed by atoms with Gasteiger partial charge in [-0.1, -0.05) is 54.1 Å². The predicted molar refractivity (Wildman–Crippen MR) is 64.8 cm³/mol. The lowest BCUT2D eigenvalue weighted by atomic mass is 9.91. The Labute approximate surface area is 91.8 Å². The monoisotopic (exact) mass is 202 g/mol. The van der Waals surface area contributed by atoms with Crippen molar-refractivity contribution < 1.29 is 5.11 Å². The molecule has 1 atom stereocenters. The van der Waals surface area contributed by atoms with Crippen LogP contribution < -0.4 is 0 Å². The fourth-order valence-electron chi connectivity index (χ4n) is 1.67. The summed E-state index contributed by atoms with van der Waals surface area (Å²) in [5, 5.41) is 7.00. The highest BCUT2D eigenvalue weighted by molar-refractivity contribution is 5.31. The van der Waals surface area contributed by atoms with Gasteiger partial charge >= 0.3 is 0 Å². The van der Waals surface area contributed by atoms with Gasteiger partial charge in [-0.2, -0.15) is 0 Å². The highest BCUT2D eigenvalue weighted by Crippen LogP contribution is 2.25. The molecule has 1 heteroatoms. The van der Waals surface area contributed by atoms with Crippen molar-refractivity contribution in [2.75, 3.05) is 7.11 Å². The Balaban J connectivity index is 0.000000531. The maximum Gasteiger partial charge on any atom is 0.0319 e. The van der Waals surface area contributed by atoms with Crippen LogP contribution in [0.15, 0.2) is 54.1 Å². The minimum absolute atomic E-state index is 0.588. The minimum Gasteiger partial charge on any atom is -0.400 e. The van der Waals surface area contributed by atoms with Crippen LogP contribution in [0.3, 0.4) is 0 Å². The molecular weight excluding hydrogens is 184 g/mol. The molecule has 0 heterocycles. The topological polar surface area (TPSA) is 20.2 Å². The second-order valence-electron chi connectivity index (χ2n) is 3.56. The predicted octanol–water partition coefficient (Wildman–Crippen LogP) is 3.28. The van der Waals surface area contributed by atoms with Crippen molar-refractivity contribution in [3.05, 3.63) is 59.7 Å². The standard InChI is InChI=1S/C13H14.CH4O/c1-11-7-9-13(10-8-11)12-5-3-2-4-6-12;1-2/h2-9,13H,10H2,1H3;2H,1H3. The summed E-state index contributed by atoms with van der Waals surface area (Å²) in [6.45, 7) is 2.15. The number of hydrogen-bond donors (Lipinski definition) is 1. The lowest BCUT2D eigenvalue weighted by molar-refractivity contribution is 0.399. The summed E-state index contributed by atoms with van der Waals surface area (Å²) in [4.78, 5) is 0. The van der Waals surface area contributed by atoms with Gasteiger partial charge in [0.2, 0.25) is 0 Å². The SMILES string of the molecule is CC1=CCC(c2ccccc2)C=C1.CO. The van der Waals surface area contributed by atoms with Gasteiger partial charge in [0.05, 0.1) is 0 Å². The van der Waals surface area contributed by atoms with Crippen LogP contribution >= 0.6 is 0 Å². The Bertz CT molecular complexity index is 336. The van der Waals surface area contributed by atoms with E-state index in [1.165, 1.54) is 11.1 Å². The first-order valence-corrected chi connectivity index (χ1v) is 5.21. The van der Waals surface area contributed by atoms with Crippen molar-refractivity contribution in [1.29, 1.82) is 0 Å². The molecule has 1 aliphatic rings. The van der Waals surface area contributed by atoms with Crippen LogP contribution in [-0.2, 0) is 0 Å². The molecule has 1 aliphatic carbocycles. The second kappa shape index (κ2) is 6.20. The second-order valence-corrected chi connectivity index (χ2v) is 3.56. The van der Waals surface area contributed by atoms with Crippen LogP contribution in [-0.4, -0.2) is 12.2 Å². The van der Waals surface area contributed by atoms with E-state index in [2.05, 4.69) is 55.5 Å². The molecule has 0 radical (unpaired) electrons. The van der Waals surface area contributed by atoms with Gasteiger partial charge in [0, 0.05) is 13.0 Å². The molecule has 0 amide bonds. The number of allylic oxidation sites excluding steroid dienone is 4. The number of benzene rings is 1. The van der Waals surface area contributed by atoms with Crippen LogP contribution in [0.2, 0.25) is 0 Å². The first-order valence-electron chi connectivity index (χ1n) is 5.21. The average Bonchev–Trinajstić information content (AvgIpc) is 2.34. The summed E-state index contributed by atoms with van der Waals surface area (Å²) in [6.07, 6.45) is 7.95. The third-order valence-corrected chi connectivity index (χ3v) is 2.51. The number of aliphatic hydroxyl groups is 1. The van der Waals surface area contributed by atoms with E-state index < -0.39 is 0 Å². The van der Waals surface area contributed by atoms with Crippen molar-refractivity contribution >= 4 is 0 Å². The normalized spacial score (nSPS) is 18.9. The summed E-state index contributed by atoms with van der Waals surface area (Å²) >= 11 is 0. The molecule has 80 valence electrons. The molecule has 0 saturated carbocycles. The van der Waals surface area contributed by atoms with Crippen molar-refractivity contribution in [3.63, 3.8) is 0 Å². The average molecular weight is 202 g/mol. The Morgan fingerprint density at radius 2 is 1.80 bits per heavy atom. The molecule has 0 fully saturated rings. The van der Waals surface area contributed by atoms with Crippen molar-refractivity contribution in [2.45, 2.75) is 19.3 Å². The maximum absolute atomic E-state index is 7.00. The van der Waals surface area contributed by atoms with E-state index in [1.54, 1.807) is 0 Å². The zero-order chi connectivity index (χ0) is 11.1. The summed E-state index contributed by atoms with van der Waals surface area (Å²) in [7, 11) is 1.00. The van der Waals surface area contributed by atoms with E-state index in [0.29, 0.717) is 5.92 Å². The van der Waals surface area contributed by atoms with Gasteiger partial charge in [0.1, 0.15) is 0 Å². The van der Waals surface area contributed by atoms with Crippen molar-refractivity contribution in [1.82, 2.24) is 0 Å². The molecule has 2 rings (SSSR count). The van der Waals surface area contributed by atoms with Gasteiger partial charge in [-0.05, 0) is 18.9 Å². The maximum atomic E-state index is 7.00. The van der Waals surface area contributed by atoms with E-state index >= 15 is 0 Å². The zero-order valence-electron chi connectivity index (χ0n) is 9.35. The first-order chi connectivity index (χ1) is 7.36. The fraction of sp³-hybridized carbons (Fsp3) is 0.286. The summed E-state index contributed by atoms with van der Waals surface area (Å²) in [6, 6.07) is 10.7. The third kappa shape index (κ3) is 3.37. The quantitative estimate of drug-likeness (QED) is 0.741. The molecule has 0 spiro atoms. The smallest absolute Gasteiger partial charge is 0.0319 e. The molecule has 0 aromatic heterocycles. The molecule has 1 aromatic carbocycles. The van der Waals surface area contributed by atoms with Crippen LogP contribution in [0, 0.1) is 0 Å². The van der Waals surface area contributed by atoms with Crippen molar-refractivity contribution in [2.24, 2.45) is 0 Å². The summed E-state index contributed by atoms with van der Waals surface area (Å²) in [5.74, 6) is 0.588. The molecule has 1 nitrogen and oxygen atoms in total. The van der Waals surface area contributed by atoms with Crippen LogP contribution in [0.1, 0.15) is 24.8 Å². The Hall–Kier alpha value is -1.34. The Morgan fingerprint density at radius 3 is 2.33 bits per heavy atom. The largest absolute Gasteiger partial charge is 0.400 e. The highest BCUT2D eigenvalue weighted by atomic mass is 16.2. The van der Waals surface area contributed by atoms with E-state index in [1.807, 2.05) is 0 Å². The van der Waals surface area contributed by atoms with Gasteiger partial charge < -0.3 is 5.11 Å². The highest BCUT2D eigenvalue weighted by Gasteiger charge is 2.08. The molecule has 0 aliphatic heterocycles. The molecule has 15 heavy (non-hydrogen) atoms. The Morgan fingerprint density at radius 1 is 1.13 bits per heavy atom. The summed E-state index contributed by atoms with van der Waals surface area (Å²) < 4.78 is 0. The number of aliphatic hydroxyl groups excluding tert-OH is 1. The molecule has 1 aromatic rings. The molecule has 0 saturated heterocycles. The van der Waals surface area contributed by atoms with Crippen LogP contribution in [0.25, 0.3) is 0 Å². The Kier molecular flexibility index (Phi) is 4.85. The third-order valence-electron chi connectivity index (χ3n) is 2.51. The van der Waals surface area contributed by atoms with Gasteiger partial charge in [0.25, 0.3) is 0 Å². The number of rotatable bonds is 1. The van der Waals surface area contributed by atoms with E-state index in [0.717, 1.165) is 13.5 Å². The van der Waals surface area contributed by atoms with Crippen LogP contribution in [0.4, 0.5) is 0 Å². The van der Waals surface area contributed by atoms with E-state index in [9.17, 15) is 0 Å². The van der Waals surface area contributed by atoms with E-state index in [4.69, 9.17) is 5.11 Å². The van der Waals surface area contributed by atoms with Crippen molar-refractivity contribution in [3.8, 4) is 0 Å². The number of hydrogen-bond acceptors (Lipinski definition) is 1. The van der Waals surface area contributed by atoms with Gasteiger partial charge in [-0.25, -0.2) is 0 Å². The zero-order valence-corrected chi connectivity index (χ0v) is 9.35. The van der Waals surface area contributed by atoms with Gasteiger partial charge in [0.15, 0.2) is 0 Å². The minimum atomic E-state index is 0.588. The molecule has 0 bridgehead atoms. The lowest BCUT2D eigenvalue weighted by Gasteiger charge is -2.14. The van der Waals surface area contributed by atoms with E-state index in [-0.39, 0.29) is 0 Å². The molecule has 1 unspecified atom stereocenters. The molecular formula is C14H18O. The first kappa shape index (κ1) is 11.7. The summed E-state index contributed by atoms with van der Waals surface area (Å²) in [5.41, 5.74) is 2.80. The van der Waals surface area contributed by atoms with Gasteiger partial charge in [-0.15, -0.1) is 0 Å². The van der Waals surface area contributed by atoms with Crippen LogP contribution in [0.5, 0.6) is 0 Å².